The maximum absolute atomic E-state index is 12.9. The zero-order chi connectivity index (χ0) is 18.1. The Morgan fingerprint density at radius 3 is 2.28 bits per heavy atom. The summed E-state index contributed by atoms with van der Waals surface area (Å²) in [5.41, 5.74) is 2.29. The predicted octanol–water partition coefficient (Wildman–Crippen LogP) is 6.10. The molecule has 25 heavy (non-hydrogen) atoms. The summed E-state index contributed by atoms with van der Waals surface area (Å²) in [6, 6.07) is 16.0. The number of carbonyl (C=O) groups excluding carboxylic acids is 1. The maximum Gasteiger partial charge on any atom is 0.226 e. The third kappa shape index (κ3) is 3.70. The van der Waals surface area contributed by atoms with E-state index in [-0.39, 0.29) is 29.8 Å². The van der Waals surface area contributed by atoms with Gasteiger partial charge in [-0.05, 0) is 55.7 Å². The first-order valence-corrected chi connectivity index (χ1v) is 9.47. The van der Waals surface area contributed by atoms with Crippen molar-refractivity contribution in [2.24, 2.45) is 5.92 Å². The molecular formula is C21H23Cl2NO. The minimum Gasteiger partial charge on any atom is -0.332 e. The van der Waals surface area contributed by atoms with Gasteiger partial charge in [0.1, 0.15) is 0 Å². The standard InChI is InChI=1S/C21H23Cl2NO/c1-13(2)24-20(15-7-9-17(22)10-8-15)19(11-14(3)21(24)25)16-5-4-6-18(23)12-16/h4-10,12-14,19-20H,11H2,1-3H3. The molecule has 0 spiro atoms. The lowest BCUT2D eigenvalue weighted by atomic mass is 9.76. The fourth-order valence-corrected chi connectivity index (χ4v) is 4.20. The molecule has 4 heteroatoms. The molecule has 0 aliphatic carbocycles. The highest BCUT2D eigenvalue weighted by Crippen LogP contribution is 2.46. The van der Waals surface area contributed by atoms with Gasteiger partial charge in [0, 0.05) is 27.9 Å². The average Bonchev–Trinajstić information content (AvgIpc) is 2.57. The number of amides is 1. The quantitative estimate of drug-likeness (QED) is 0.634. The van der Waals surface area contributed by atoms with Crippen LogP contribution in [0.15, 0.2) is 48.5 Å². The van der Waals surface area contributed by atoms with Crippen molar-refractivity contribution in [1.29, 1.82) is 0 Å². The summed E-state index contributed by atoms with van der Waals surface area (Å²) < 4.78 is 0. The Balaban J connectivity index is 2.12. The molecule has 3 unspecified atom stereocenters. The van der Waals surface area contributed by atoms with Gasteiger partial charge in [-0.25, -0.2) is 0 Å². The lowest BCUT2D eigenvalue weighted by Gasteiger charge is -2.46. The van der Waals surface area contributed by atoms with Crippen LogP contribution in [0.5, 0.6) is 0 Å². The van der Waals surface area contributed by atoms with E-state index >= 15 is 0 Å². The summed E-state index contributed by atoms with van der Waals surface area (Å²) >= 11 is 12.3. The molecule has 0 radical (unpaired) electrons. The van der Waals surface area contributed by atoms with Gasteiger partial charge in [0.2, 0.25) is 5.91 Å². The Hall–Kier alpha value is -1.51. The van der Waals surface area contributed by atoms with Crippen LogP contribution >= 0.6 is 23.2 Å². The topological polar surface area (TPSA) is 20.3 Å². The van der Waals surface area contributed by atoms with Crippen molar-refractivity contribution in [2.45, 2.75) is 45.2 Å². The number of halogens is 2. The van der Waals surface area contributed by atoms with Crippen LogP contribution in [0.2, 0.25) is 10.0 Å². The molecule has 2 aromatic rings. The van der Waals surface area contributed by atoms with Gasteiger partial charge >= 0.3 is 0 Å². The van der Waals surface area contributed by atoms with E-state index in [0.717, 1.165) is 17.0 Å². The highest BCUT2D eigenvalue weighted by molar-refractivity contribution is 6.30. The molecule has 132 valence electrons. The molecular weight excluding hydrogens is 353 g/mol. The van der Waals surface area contributed by atoms with Crippen LogP contribution in [0, 0.1) is 5.92 Å². The molecule has 0 N–H and O–H groups in total. The first-order valence-electron chi connectivity index (χ1n) is 8.71. The Morgan fingerprint density at radius 2 is 1.68 bits per heavy atom. The van der Waals surface area contributed by atoms with E-state index in [1.165, 1.54) is 5.56 Å². The van der Waals surface area contributed by atoms with Gasteiger partial charge in [-0.1, -0.05) is 54.4 Å². The van der Waals surface area contributed by atoms with Gasteiger partial charge in [0.05, 0.1) is 6.04 Å². The Kier molecular flexibility index (Phi) is 5.41. The van der Waals surface area contributed by atoms with E-state index in [9.17, 15) is 4.79 Å². The van der Waals surface area contributed by atoms with Gasteiger partial charge in [0.25, 0.3) is 0 Å². The molecule has 1 aliphatic rings. The molecule has 1 aliphatic heterocycles. The summed E-state index contributed by atoms with van der Waals surface area (Å²) in [6.07, 6.45) is 0.815. The molecule has 0 saturated carbocycles. The first-order chi connectivity index (χ1) is 11.9. The molecule has 1 heterocycles. The Morgan fingerprint density at radius 1 is 1.00 bits per heavy atom. The predicted molar refractivity (Wildman–Crippen MR) is 104 cm³/mol. The summed E-state index contributed by atoms with van der Waals surface area (Å²) in [7, 11) is 0. The summed E-state index contributed by atoms with van der Waals surface area (Å²) in [4.78, 5) is 15.0. The van der Waals surface area contributed by atoms with E-state index in [0.29, 0.717) is 5.02 Å². The highest BCUT2D eigenvalue weighted by atomic mass is 35.5. The van der Waals surface area contributed by atoms with Gasteiger partial charge in [-0.15, -0.1) is 0 Å². The van der Waals surface area contributed by atoms with Crippen LogP contribution in [0.3, 0.4) is 0 Å². The fourth-order valence-electron chi connectivity index (χ4n) is 3.88. The smallest absolute Gasteiger partial charge is 0.226 e. The minimum absolute atomic E-state index is 0.00469. The van der Waals surface area contributed by atoms with Gasteiger partial charge in [-0.3, -0.25) is 4.79 Å². The van der Waals surface area contributed by atoms with Crippen LogP contribution in [0.4, 0.5) is 0 Å². The van der Waals surface area contributed by atoms with Crippen molar-refractivity contribution >= 4 is 29.1 Å². The van der Waals surface area contributed by atoms with Gasteiger partial charge < -0.3 is 4.90 Å². The molecule has 1 amide bonds. The van der Waals surface area contributed by atoms with E-state index in [1.54, 1.807) is 0 Å². The molecule has 1 fully saturated rings. The Labute approximate surface area is 159 Å². The summed E-state index contributed by atoms with van der Waals surface area (Å²) in [5.74, 6) is 0.415. The number of nitrogens with zero attached hydrogens (tertiary/aromatic N) is 1. The number of carbonyl (C=O) groups is 1. The second-order valence-electron chi connectivity index (χ2n) is 7.13. The van der Waals surface area contributed by atoms with Crippen LogP contribution in [-0.4, -0.2) is 16.8 Å². The van der Waals surface area contributed by atoms with E-state index in [1.807, 2.05) is 54.3 Å². The number of likely N-dealkylation sites (tertiary alicyclic amines) is 1. The minimum atomic E-state index is -0.0144. The third-order valence-corrected chi connectivity index (χ3v) is 5.50. The van der Waals surface area contributed by atoms with Crippen LogP contribution < -0.4 is 0 Å². The van der Waals surface area contributed by atoms with Crippen molar-refractivity contribution in [2.75, 3.05) is 0 Å². The number of hydrogen-bond acceptors (Lipinski definition) is 1. The largest absolute Gasteiger partial charge is 0.332 e. The fraction of sp³-hybridized carbons (Fsp3) is 0.381. The average molecular weight is 376 g/mol. The molecule has 0 aromatic heterocycles. The monoisotopic (exact) mass is 375 g/mol. The van der Waals surface area contributed by atoms with Gasteiger partial charge in [-0.2, -0.15) is 0 Å². The van der Waals surface area contributed by atoms with Crippen molar-refractivity contribution in [3.63, 3.8) is 0 Å². The summed E-state index contributed by atoms with van der Waals surface area (Å²) in [6.45, 7) is 6.18. The zero-order valence-electron chi connectivity index (χ0n) is 14.7. The van der Waals surface area contributed by atoms with Crippen molar-refractivity contribution in [3.8, 4) is 0 Å². The van der Waals surface area contributed by atoms with Crippen LogP contribution in [-0.2, 0) is 4.79 Å². The van der Waals surface area contributed by atoms with E-state index in [4.69, 9.17) is 23.2 Å². The molecule has 1 saturated heterocycles. The van der Waals surface area contributed by atoms with Crippen LogP contribution in [0.1, 0.15) is 50.3 Å². The van der Waals surface area contributed by atoms with Crippen molar-refractivity contribution in [1.82, 2.24) is 4.90 Å². The highest BCUT2D eigenvalue weighted by Gasteiger charge is 2.42. The molecule has 3 atom stereocenters. The normalized spacial score (nSPS) is 24.0. The molecule has 0 bridgehead atoms. The molecule has 3 rings (SSSR count). The SMILES string of the molecule is CC1CC(c2cccc(Cl)c2)C(c2ccc(Cl)cc2)N(C(C)C)C1=O. The number of benzene rings is 2. The first kappa shape index (κ1) is 18.3. The maximum atomic E-state index is 12.9. The van der Waals surface area contributed by atoms with E-state index in [2.05, 4.69) is 19.9 Å². The summed E-state index contributed by atoms with van der Waals surface area (Å²) in [5, 5.41) is 1.43. The second-order valence-corrected chi connectivity index (χ2v) is 8.01. The molecule has 2 aromatic carbocycles. The second kappa shape index (κ2) is 7.39. The van der Waals surface area contributed by atoms with Gasteiger partial charge in [0.15, 0.2) is 0 Å². The third-order valence-electron chi connectivity index (χ3n) is 5.01. The van der Waals surface area contributed by atoms with Crippen molar-refractivity contribution < 1.29 is 4.79 Å². The van der Waals surface area contributed by atoms with E-state index < -0.39 is 0 Å². The lowest BCUT2D eigenvalue weighted by Crippen LogP contribution is -2.49. The van der Waals surface area contributed by atoms with Crippen LogP contribution in [0.25, 0.3) is 0 Å². The number of piperidine rings is 1. The number of rotatable bonds is 3. The molecule has 2 nitrogen and oxygen atoms in total. The number of hydrogen-bond donors (Lipinski definition) is 0. The Bertz CT molecular complexity index is 757. The lowest BCUT2D eigenvalue weighted by molar-refractivity contribution is -0.145. The zero-order valence-corrected chi connectivity index (χ0v) is 16.3. The van der Waals surface area contributed by atoms with Crippen molar-refractivity contribution in [3.05, 3.63) is 69.7 Å².